The van der Waals surface area contributed by atoms with Gasteiger partial charge in [-0.3, -0.25) is 9.69 Å². The number of para-hydroxylation sites is 1. The largest absolute Gasteiger partial charge is 0.347 e. The van der Waals surface area contributed by atoms with Crippen LogP contribution >= 0.6 is 0 Å². The molecule has 2 aliphatic rings. The van der Waals surface area contributed by atoms with Gasteiger partial charge in [0.15, 0.2) is 5.79 Å². The number of benzene rings is 3. The van der Waals surface area contributed by atoms with Gasteiger partial charge in [0.05, 0.1) is 36.0 Å². The molecule has 1 unspecified atom stereocenters. The van der Waals surface area contributed by atoms with E-state index in [1.807, 2.05) is 60.7 Å². The van der Waals surface area contributed by atoms with Crippen LogP contribution in [0.25, 0.3) is 22.2 Å². The van der Waals surface area contributed by atoms with E-state index in [4.69, 9.17) is 14.5 Å². The van der Waals surface area contributed by atoms with Gasteiger partial charge >= 0.3 is 0 Å². The summed E-state index contributed by atoms with van der Waals surface area (Å²) in [6, 6.07) is 28.3. The first kappa shape index (κ1) is 25.7. The molecule has 3 heterocycles. The predicted octanol–water partition coefficient (Wildman–Crippen LogP) is 6.12. The fourth-order valence-corrected chi connectivity index (χ4v) is 5.90. The first-order valence-electron chi connectivity index (χ1n) is 14.0. The van der Waals surface area contributed by atoms with Gasteiger partial charge in [0.1, 0.15) is 0 Å². The molecule has 1 N–H and O–H groups in total. The molecule has 1 spiro atoms. The van der Waals surface area contributed by atoms with Crippen LogP contribution in [0.15, 0.2) is 84.9 Å². The van der Waals surface area contributed by atoms with E-state index in [-0.39, 0.29) is 11.9 Å². The van der Waals surface area contributed by atoms with Crippen LogP contribution in [0.1, 0.15) is 53.7 Å². The number of carbonyl (C=O) groups excluding carboxylic acids is 1. The van der Waals surface area contributed by atoms with Gasteiger partial charge in [0.25, 0.3) is 5.91 Å². The Morgan fingerprint density at radius 3 is 2.26 bits per heavy atom. The van der Waals surface area contributed by atoms with Crippen molar-refractivity contribution < 1.29 is 14.3 Å². The van der Waals surface area contributed by atoms with Crippen molar-refractivity contribution in [3.63, 3.8) is 0 Å². The number of hydrogen-bond donors (Lipinski definition) is 1. The second-order valence-electron chi connectivity index (χ2n) is 10.4. The topological polar surface area (TPSA) is 63.7 Å². The van der Waals surface area contributed by atoms with E-state index in [1.165, 1.54) is 0 Å². The highest BCUT2D eigenvalue weighted by Gasteiger charge is 2.40. The van der Waals surface area contributed by atoms with Gasteiger partial charge in [-0.05, 0) is 18.1 Å². The van der Waals surface area contributed by atoms with E-state index < -0.39 is 5.79 Å². The molecule has 6 heteroatoms. The third-order valence-corrected chi connectivity index (χ3v) is 8.00. The molecule has 0 bridgehead atoms. The minimum absolute atomic E-state index is 0.0626. The van der Waals surface area contributed by atoms with Crippen molar-refractivity contribution in [1.29, 1.82) is 0 Å². The molecule has 0 radical (unpaired) electrons. The van der Waals surface area contributed by atoms with Crippen molar-refractivity contribution in [3.05, 3.63) is 102 Å². The third kappa shape index (κ3) is 5.33. The fourth-order valence-electron chi connectivity index (χ4n) is 5.90. The molecule has 1 aromatic heterocycles. The van der Waals surface area contributed by atoms with Crippen LogP contribution in [-0.4, -0.2) is 47.9 Å². The van der Waals surface area contributed by atoms with Crippen LogP contribution in [0.4, 0.5) is 0 Å². The summed E-state index contributed by atoms with van der Waals surface area (Å²) in [5.74, 6) is -0.502. The molecule has 3 aromatic carbocycles. The summed E-state index contributed by atoms with van der Waals surface area (Å²) in [4.78, 5) is 21.8. The highest BCUT2D eigenvalue weighted by molar-refractivity contribution is 6.09. The van der Waals surface area contributed by atoms with E-state index in [9.17, 15) is 4.79 Å². The van der Waals surface area contributed by atoms with Crippen molar-refractivity contribution in [1.82, 2.24) is 15.2 Å². The maximum atomic E-state index is 14.3. The summed E-state index contributed by atoms with van der Waals surface area (Å²) in [5.41, 5.74) is 5.48. The van der Waals surface area contributed by atoms with Gasteiger partial charge in [0.2, 0.25) is 0 Å². The Labute approximate surface area is 230 Å². The summed E-state index contributed by atoms with van der Waals surface area (Å²) in [5, 5.41) is 4.24. The number of piperidine rings is 1. The Morgan fingerprint density at radius 1 is 0.923 bits per heavy atom. The molecule has 0 saturated carbocycles. The Balaban J connectivity index is 1.42. The van der Waals surface area contributed by atoms with Crippen LogP contribution in [-0.2, 0) is 16.0 Å². The van der Waals surface area contributed by atoms with Gasteiger partial charge < -0.3 is 14.8 Å². The number of ether oxygens (including phenoxy) is 2. The summed E-state index contributed by atoms with van der Waals surface area (Å²) >= 11 is 0. The first-order chi connectivity index (χ1) is 19.2. The van der Waals surface area contributed by atoms with Gasteiger partial charge in [0, 0.05) is 49.0 Å². The number of amides is 1. The zero-order chi connectivity index (χ0) is 26.7. The van der Waals surface area contributed by atoms with Crippen LogP contribution in [0, 0.1) is 0 Å². The maximum absolute atomic E-state index is 14.3. The molecule has 200 valence electrons. The summed E-state index contributed by atoms with van der Waals surface area (Å²) in [7, 11) is 0. The standard InChI is InChI=1S/C33H35N3O3/c1-2-28(24-11-5-3-6-12-24)35-32(37)30-26-15-9-10-16-29(26)34-31(25-13-7-4-8-14-25)27(30)23-36-19-17-33(18-20-36)38-21-22-39-33/h3-16,28H,2,17-23H2,1H3,(H,35,37). The molecule has 6 nitrogen and oxygen atoms in total. The minimum atomic E-state index is -0.440. The van der Waals surface area contributed by atoms with Gasteiger partial charge in [-0.15, -0.1) is 0 Å². The second-order valence-corrected chi connectivity index (χ2v) is 10.4. The molecular formula is C33H35N3O3. The van der Waals surface area contributed by atoms with Crippen molar-refractivity contribution >= 4 is 16.8 Å². The fraction of sp³-hybridized carbons (Fsp3) is 0.333. The Bertz CT molecular complexity index is 1430. The number of hydrogen-bond acceptors (Lipinski definition) is 5. The summed E-state index contributed by atoms with van der Waals surface area (Å²) < 4.78 is 11.9. The number of fused-ring (bicyclic) bond motifs is 1. The number of carbonyl (C=O) groups is 1. The van der Waals surface area contributed by atoms with Crippen molar-refractivity contribution in [2.75, 3.05) is 26.3 Å². The Hall–Kier alpha value is -3.58. The van der Waals surface area contributed by atoms with E-state index in [0.29, 0.717) is 25.3 Å². The van der Waals surface area contributed by atoms with Crippen molar-refractivity contribution in [2.45, 2.75) is 44.6 Å². The quantitative estimate of drug-likeness (QED) is 0.317. The average molecular weight is 522 g/mol. The zero-order valence-electron chi connectivity index (χ0n) is 22.4. The van der Waals surface area contributed by atoms with Crippen LogP contribution in [0.3, 0.4) is 0 Å². The number of aromatic nitrogens is 1. The molecule has 1 atom stereocenters. The third-order valence-electron chi connectivity index (χ3n) is 8.00. The number of pyridine rings is 1. The number of nitrogens with one attached hydrogen (secondary N) is 1. The van der Waals surface area contributed by atoms with E-state index in [0.717, 1.165) is 65.6 Å². The lowest BCUT2D eigenvalue weighted by Gasteiger charge is -2.38. The van der Waals surface area contributed by atoms with Crippen LogP contribution in [0.5, 0.6) is 0 Å². The monoisotopic (exact) mass is 521 g/mol. The highest BCUT2D eigenvalue weighted by atomic mass is 16.7. The zero-order valence-corrected chi connectivity index (χ0v) is 22.4. The van der Waals surface area contributed by atoms with E-state index in [2.05, 4.69) is 41.4 Å². The molecular weight excluding hydrogens is 486 g/mol. The van der Waals surface area contributed by atoms with Crippen LogP contribution < -0.4 is 5.32 Å². The molecule has 2 saturated heterocycles. The normalized spacial score (nSPS) is 17.9. The minimum Gasteiger partial charge on any atom is -0.347 e. The highest BCUT2D eigenvalue weighted by Crippen LogP contribution is 2.35. The lowest BCUT2D eigenvalue weighted by atomic mass is 9.94. The lowest BCUT2D eigenvalue weighted by Crippen LogP contribution is -2.45. The predicted molar refractivity (Wildman–Crippen MR) is 153 cm³/mol. The molecule has 0 aliphatic carbocycles. The molecule has 2 fully saturated rings. The van der Waals surface area contributed by atoms with Crippen molar-refractivity contribution in [2.24, 2.45) is 0 Å². The second kappa shape index (κ2) is 11.3. The Morgan fingerprint density at radius 2 is 1.56 bits per heavy atom. The summed E-state index contributed by atoms with van der Waals surface area (Å²) in [6.07, 6.45) is 2.44. The first-order valence-corrected chi connectivity index (χ1v) is 14.0. The lowest BCUT2D eigenvalue weighted by molar-refractivity contribution is -0.185. The van der Waals surface area contributed by atoms with Crippen molar-refractivity contribution in [3.8, 4) is 11.3 Å². The average Bonchev–Trinajstić information content (AvgIpc) is 3.45. The number of likely N-dealkylation sites (tertiary alicyclic amines) is 1. The number of rotatable bonds is 7. The van der Waals surface area contributed by atoms with Gasteiger partial charge in [-0.25, -0.2) is 4.98 Å². The molecule has 39 heavy (non-hydrogen) atoms. The SMILES string of the molecule is CCC(NC(=O)c1c(CN2CCC3(CC2)OCCO3)c(-c2ccccc2)nc2ccccc12)c1ccccc1. The smallest absolute Gasteiger partial charge is 0.252 e. The Kier molecular flexibility index (Phi) is 7.42. The van der Waals surface area contributed by atoms with E-state index in [1.54, 1.807) is 0 Å². The number of nitrogens with zero attached hydrogens (tertiary/aromatic N) is 2. The molecule has 6 rings (SSSR count). The summed E-state index contributed by atoms with van der Waals surface area (Å²) in [6.45, 7) is 5.74. The molecule has 4 aromatic rings. The van der Waals surface area contributed by atoms with Gasteiger partial charge in [-0.2, -0.15) is 0 Å². The maximum Gasteiger partial charge on any atom is 0.252 e. The van der Waals surface area contributed by atoms with Crippen LogP contribution in [0.2, 0.25) is 0 Å². The molecule has 2 aliphatic heterocycles. The molecule has 1 amide bonds. The van der Waals surface area contributed by atoms with Gasteiger partial charge in [-0.1, -0.05) is 85.8 Å². The van der Waals surface area contributed by atoms with E-state index >= 15 is 0 Å².